The minimum Gasteiger partial charge on any atom is -0.492 e. The molecule has 0 spiro atoms. The van der Waals surface area contributed by atoms with Crippen LogP contribution >= 0.6 is 0 Å². The van der Waals surface area contributed by atoms with Crippen molar-refractivity contribution in [3.8, 4) is 22.9 Å². The van der Waals surface area contributed by atoms with Crippen molar-refractivity contribution in [3.63, 3.8) is 0 Å². The fourth-order valence-electron chi connectivity index (χ4n) is 6.08. The number of hydrogen-bond acceptors (Lipinski definition) is 9. The van der Waals surface area contributed by atoms with Gasteiger partial charge in [0.25, 0.3) is 0 Å². The molecule has 0 aliphatic carbocycles. The molecule has 2 aliphatic rings. The lowest BCUT2D eigenvalue weighted by Crippen LogP contribution is -2.63. The topological polar surface area (TPSA) is 111 Å². The fourth-order valence-corrected chi connectivity index (χ4v) is 6.08. The zero-order chi connectivity index (χ0) is 30.8. The van der Waals surface area contributed by atoms with Crippen LogP contribution in [0.2, 0.25) is 0 Å². The van der Waals surface area contributed by atoms with E-state index >= 15 is 0 Å². The molecule has 1 amide bonds. The third kappa shape index (κ3) is 7.03. The SMILES string of the molecule is CCOc1cc(-c2ccc(N3CCC(CN4CCN(C)[C@@H](C)C4)(NC(=O)OC(C)(C)C)CC3)nc2)c2c(C#N)cnn2c1. The molecule has 3 aromatic rings. The molecule has 0 bridgehead atoms. The van der Waals surface area contributed by atoms with E-state index in [1.54, 1.807) is 16.9 Å². The summed E-state index contributed by atoms with van der Waals surface area (Å²) in [6, 6.07) is 8.71. The monoisotopic (exact) mass is 588 g/mol. The number of likely N-dealkylation sites (N-methyl/N-ethyl adjacent to an activating group) is 1. The first-order valence-corrected chi connectivity index (χ1v) is 15.2. The lowest BCUT2D eigenvalue weighted by Gasteiger charge is -2.47. The number of nitrogens with one attached hydrogen (secondary N) is 1. The second-order valence-electron chi connectivity index (χ2n) is 12.8. The molecule has 11 heteroatoms. The summed E-state index contributed by atoms with van der Waals surface area (Å²) < 4.78 is 13.1. The number of ether oxygens (including phenoxy) is 2. The number of piperazine rings is 1. The van der Waals surface area contributed by atoms with Crippen LogP contribution in [0.25, 0.3) is 16.6 Å². The van der Waals surface area contributed by atoms with E-state index in [9.17, 15) is 10.1 Å². The molecule has 5 heterocycles. The van der Waals surface area contributed by atoms with Gasteiger partial charge in [0.1, 0.15) is 23.2 Å². The number of piperidine rings is 1. The maximum absolute atomic E-state index is 13.0. The van der Waals surface area contributed by atoms with Gasteiger partial charge in [-0.15, -0.1) is 0 Å². The van der Waals surface area contributed by atoms with Crippen LogP contribution in [0.4, 0.5) is 10.6 Å². The zero-order valence-electron chi connectivity index (χ0n) is 26.3. The van der Waals surface area contributed by atoms with Crippen molar-refractivity contribution in [1.29, 1.82) is 5.26 Å². The fraction of sp³-hybridized carbons (Fsp3) is 0.562. The summed E-state index contributed by atoms with van der Waals surface area (Å²) in [5.74, 6) is 1.56. The van der Waals surface area contributed by atoms with Gasteiger partial charge in [-0.3, -0.25) is 4.90 Å². The van der Waals surface area contributed by atoms with Gasteiger partial charge in [-0.2, -0.15) is 10.4 Å². The van der Waals surface area contributed by atoms with Gasteiger partial charge in [0.15, 0.2) is 0 Å². The summed E-state index contributed by atoms with van der Waals surface area (Å²) >= 11 is 0. The van der Waals surface area contributed by atoms with E-state index in [2.05, 4.69) is 45.2 Å². The van der Waals surface area contributed by atoms with Crippen molar-refractivity contribution in [1.82, 2.24) is 29.7 Å². The number of carbonyl (C=O) groups excluding carboxylic acids is 1. The van der Waals surface area contributed by atoms with Gasteiger partial charge >= 0.3 is 6.09 Å². The second-order valence-corrected chi connectivity index (χ2v) is 12.8. The van der Waals surface area contributed by atoms with Crippen LogP contribution in [0, 0.1) is 11.3 Å². The number of alkyl carbamates (subject to hydrolysis) is 1. The van der Waals surface area contributed by atoms with E-state index in [4.69, 9.17) is 14.5 Å². The predicted molar refractivity (Wildman–Crippen MR) is 166 cm³/mol. The Kier molecular flexibility index (Phi) is 8.81. The molecule has 3 aromatic heterocycles. The average Bonchev–Trinajstić information content (AvgIpc) is 3.37. The molecule has 230 valence electrons. The van der Waals surface area contributed by atoms with Gasteiger partial charge < -0.3 is 24.6 Å². The van der Waals surface area contributed by atoms with Crippen LogP contribution in [-0.2, 0) is 4.74 Å². The molecule has 2 aliphatic heterocycles. The molecule has 0 aromatic carbocycles. The van der Waals surface area contributed by atoms with Crippen molar-refractivity contribution >= 4 is 17.4 Å². The molecule has 1 N–H and O–H groups in total. The largest absolute Gasteiger partial charge is 0.492 e. The van der Waals surface area contributed by atoms with Crippen LogP contribution in [0.5, 0.6) is 5.75 Å². The molecule has 2 fully saturated rings. The van der Waals surface area contributed by atoms with Crippen LogP contribution in [-0.4, -0.2) is 101 Å². The first kappa shape index (κ1) is 30.6. The number of hydrogen-bond donors (Lipinski definition) is 1. The van der Waals surface area contributed by atoms with E-state index in [1.807, 2.05) is 52.1 Å². The molecule has 0 radical (unpaired) electrons. The molecule has 43 heavy (non-hydrogen) atoms. The first-order valence-electron chi connectivity index (χ1n) is 15.2. The summed E-state index contributed by atoms with van der Waals surface area (Å²) in [5, 5.41) is 17.3. The number of carbonyl (C=O) groups is 1. The van der Waals surface area contributed by atoms with Crippen molar-refractivity contribution in [2.45, 2.75) is 64.6 Å². The van der Waals surface area contributed by atoms with E-state index in [-0.39, 0.29) is 11.6 Å². The molecule has 5 rings (SSSR count). The maximum Gasteiger partial charge on any atom is 0.408 e. The summed E-state index contributed by atoms with van der Waals surface area (Å²) in [7, 11) is 2.17. The minimum atomic E-state index is -0.557. The number of rotatable bonds is 7. The highest BCUT2D eigenvalue weighted by Crippen LogP contribution is 2.33. The summed E-state index contributed by atoms with van der Waals surface area (Å²) in [6.45, 7) is 15.7. The summed E-state index contributed by atoms with van der Waals surface area (Å²) in [5.41, 5.74) is 2.03. The number of nitrogens with zero attached hydrogens (tertiary/aromatic N) is 7. The number of amides is 1. The Morgan fingerprint density at radius 3 is 2.58 bits per heavy atom. The van der Waals surface area contributed by atoms with Crippen LogP contribution in [0.1, 0.15) is 53.0 Å². The summed E-state index contributed by atoms with van der Waals surface area (Å²) in [6.07, 6.45) is 6.43. The number of aromatic nitrogens is 3. The normalized spacial score (nSPS) is 19.7. The Morgan fingerprint density at radius 2 is 1.95 bits per heavy atom. The molecular formula is C32H44N8O3. The van der Waals surface area contributed by atoms with Crippen LogP contribution < -0.4 is 15.0 Å². The van der Waals surface area contributed by atoms with Gasteiger partial charge in [-0.25, -0.2) is 14.3 Å². The molecule has 2 saturated heterocycles. The maximum atomic E-state index is 13.0. The molecule has 0 unspecified atom stereocenters. The van der Waals surface area contributed by atoms with Gasteiger partial charge in [0, 0.05) is 62.6 Å². The van der Waals surface area contributed by atoms with Gasteiger partial charge in [-0.05, 0) is 72.7 Å². The van der Waals surface area contributed by atoms with E-state index in [0.29, 0.717) is 24.0 Å². The Hall–Kier alpha value is -3.88. The first-order chi connectivity index (χ1) is 20.5. The second kappa shape index (κ2) is 12.4. The molecular weight excluding hydrogens is 544 g/mol. The van der Waals surface area contributed by atoms with Crippen LogP contribution in [0.3, 0.4) is 0 Å². The highest BCUT2D eigenvalue weighted by atomic mass is 16.6. The number of pyridine rings is 2. The quantitative estimate of drug-likeness (QED) is 0.435. The third-order valence-electron chi connectivity index (χ3n) is 8.46. The van der Waals surface area contributed by atoms with Gasteiger partial charge in [-0.1, -0.05) is 0 Å². The van der Waals surface area contributed by atoms with Crippen LogP contribution in [0.15, 0.2) is 36.8 Å². The number of fused-ring (bicyclic) bond motifs is 1. The van der Waals surface area contributed by atoms with E-state index < -0.39 is 5.60 Å². The molecule has 0 saturated carbocycles. The van der Waals surface area contributed by atoms with Crippen molar-refractivity contribution in [2.75, 3.05) is 57.8 Å². The minimum absolute atomic E-state index is 0.359. The van der Waals surface area contributed by atoms with Crippen molar-refractivity contribution in [2.24, 2.45) is 0 Å². The standard InChI is InChI=1S/C32H44N8O3/c1-7-42-26-16-27(29-25(17-33)19-35-40(29)21-26)24-8-9-28(34-18-24)39-12-10-32(11-13-39,36-30(41)43-31(3,4)5)22-38-15-14-37(6)23(2)20-38/h8-9,16,18-19,21,23H,7,10-15,20,22H2,1-6H3,(H,36,41)/t23-/m0/s1. The number of anilines is 1. The Morgan fingerprint density at radius 1 is 1.19 bits per heavy atom. The van der Waals surface area contributed by atoms with Gasteiger partial charge in [0.05, 0.1) is 35.6 Å². The third-order valence-corrected chi connectivity index (χ3v) is 8.46. The molecule has 11 nitrogen and oxygen atoms in total. The molecule has 1 atom stereocenters. The average molecular weight is 589 g/mol. The number of nitriles is 1. The Balaban J connectivity index is 1.33. The predicted octanol–water partition coefficient (Wildman–Crippen LogP) is 4.17. The highest BCUT2D eigenvalue weighted by molar-refractivity contribution is 5.85. The van der Waals surface area contributed by atoms with Crippen molar-refractivity contribution < 1.29 is 14.3 Å². The van der Waals surface area contributed by atoms with Gasteiger partial charge in [0.2, 0.25) is 0 Å². The lowest BCUT2D eigenvalue weighted by molar-refractivity contribution is 0.0327. The Bertz CT molecular complexity index is 1460. The summed E-state index contributed by atoms with van der Waals surface area (Å²) in [4.78, 5) is 25.0. The smallest absolute Gasteiger partial charge is 0.408 e. The zero-order valence-corrected chi connectivity index (χ0v) is 26.3. The highest BCUT2D eigenvalue weighted by Gasteiger charge is 2.40. The van der Waals surface area contributed by atoms with E-state index in [0.717, 1.165) is 74.6 Å². The van der Waals surface area contributed by atoms with Crippen molar-refractivity contribution in [3.05, 3.63) is 42.4 Å². The lowest BCUT2D eigenvalue weighted by atomic mass is 9.86. The Labute approximate surface area is 254 Å². The van der Waals surface area contributed by atoms with E-state index in [1.165, 1.54) is 0 Å².